The third-order valence-electron chi connectivity index (χ3n) is 3.42. The highest BCUT2D eigenvalue weighted by Gasteiger charge is 2.29. The van der Waals surface area contributed by atoms with Gasteiger partial charge in [0.1, 0.15) is 22.4 Å². The summed E-state index contributed by atoms with van der Waals surface area (Å²) in [4.78, 5) is 7.95. The summed E-state index contributed by atoms with van der Waals surface area (Å²) in [7, 11) is -3.85. The largest absolute Gasteiger partial charge is 0.383 e. The van der Waals surface area contributed by atoms with E-state index in [0.29, 0.717) is 18.1 Å². The monoisotopic (exact) mass is 342 g/mol. The zero-order chi connectivity index (χ0) is 15.9. The lowest BCUT2D eigenvalue weighted by Gasteiger charge is -2.23. The summed E-state index contributed by atoms with van der Waals surface area (Å²) in [6.07, 6.45) is 2.76. The van der Waals surface area contributed by atoms with Gasteiger partial charge in [0.15, 0.2) is 0 Å². The molecule has 0 aliphatic carbocycles. The topological polar surface area (TPSA) is 116 Å². The fourth-order valence-corrected chi connectivity index (χ4v) is 4.03. The predicted molar refractivity (Wildman–Crippen MR) is 80.7 cm³/mol. The zero-order valence-corrected chi connectivity index (χ0v) is 13.4. The first-order valence-electron chi connectivity index (χ1n) is 6.71. The van der Waals surface area contributed by atoms with Gasteiger partial charge in [-0.15, -0.1) is 0 Å². The summed E-state index contributed by atoms with van der Waals surface area (Å²) in [6.45, 7) is 2.50. The maximum atomic E-state index is 12.5. The molecular formula is C12H15ClN6O2S. The van der Waals surface area contributed by atoms with Crippen molar-refractivity contribution >= 4 is 27.4 Å². The minimum absolute atomic E-state index is 0.0923. The highest BCUT2D eigenvalue weighted by atomic mass is 35.5. The molecule has 0 unspecified atom stereocenters. The number of rotatable bonds is 3. The Morgan fingerprint density at radius 1 is 1.50 bits per heavy atom. The van der Waals surface area contributed by atoms with E-state index in [1.807, 2.05) is 0 Å². The molecule has 22 heavy (non-hydrogen) atoms. The Bertz CT molecular complexity index is 819. The maximum Gasteiger partial charge on any atom is 0.244 e. The average molecular weight is 343 g/mol. The van der Waals surface area contributed by atoms with Crippen LogP contribution in [-0.4, -0.2) is 28.2 Å². The second-order valence-corrected chi connectivity index (χ2v) is 7.21. The van der Waals surface area contributed by atoms with Crippen molar-refractivity contribution in [3.05, 3.63) is 28.9 Å². The third kappa shape index (κ3) is 2.79. The number of aromatic nitrogens is 4. The van der Waals surface area contributed by atoms with Crippen LogP contribution in [-0.2, 0) is 16.6 Å². The molecule has 8 nitrogen and oxygen atoms in total. The standard InChI is InChI=1S/C12H15ClN6O2S/c1-7-16-12-9(3-2-4-19(12)17-7)18-22(20,21)10-5-8(13)6-15-11(10)14/h5-6,9,18H,2-4H2,1H3,(H2,14,15)/t9-/m0/s1. The second-order valence-electron chi connectivity index (χ2n) is 5.09. The van der Waals surface area contributed by atoms with Crippen molar-refractivity contribution in [2.75, 3.05) is 5.73 Å². The first kappa shape index (κ1) is 15.2. The van der Waals surface area contributed by atoms with Crippen LogP contribution < -0.4 is 10.5 Å². The molecule has 2 aromatic rings. The van der Waals surface area contributed by atoms with Crippen LogP contribution in [0.5, 0.6) is 0 Å². The Labute approximate surface area is 132 Å². The van der Waals surface area contributed by atoms with Crippen LogP contribution >= 0.6 is 11.6 Å². The maximum absolute atomic E-state index is 12.5. The van der Waals surface area contributed by atoms with E-state index in [1.54, 1.807) is 11.6 Å². The van der Waals surface area contributed by atoms with E-state index in [-0.39, 0.29) is 15.7 Å². The number of nitrogens with zero attached hydrogens (tertiary/aromatic N) is 4. The van der Waals surface area contributed by atoms with Gasteiger partial charge in [-0.1, -0.05) is 11.6 Å². The molecule has 0 amide bonds. The van der Waals surface area contributed by atoms with Crippen molar-refractivity contribution in [1.82, 2.24) is 24.5 Å². The van der Waals surface area contributed by atoms with Crippen LogP contribution in [0.1, 0.15) is 30.5 Å². The van der Waals surface area contributed by atoms with Gasteiger partial charge in [0.25, 0.3) is 0 Å². The molecule has 0 saturated carbocycles. The molecule has 0 aromatic carbocycles. The van der Waals surface area contributed by atoms with Gasteiger partial charge in [0.2, 0.25) is 10.0 Å². The van der Waals surface area contributed by atoms with E-state index < -0.39 is 16.1 Å². The van der Waals surface area contributed by atoms with Gasteiger partial charge in [-0.25, -0.2) is 27.8 Å². The van der Waals surface area contributed by atoms with Crippen molar-refractivity contribution in [3.63, 3.8) is 0 Å². The second kappa shape index (κ2) is 5.49. The summed E-state index contributed by atoms with van der Waals surface area (Å²) in [5.41, 5.74) is 5.66. The summed E-state index contributed by atoms with van der Waals surface area (Å²) < 4.78 is 29.4. The first-order chi connectivity index (χ1) is 10.4. The van der Waals surface area contributed by atoms with Gasteiger partial charge < -0.3 is 5.73 Å². The van der Waals surface area contributed by atoms with Gasteiger partial charge in [0.05, 0.1) is 11.1 Å². The average Bonchev–Trinajstić information content (AvgIpc) is 2.82. The van der Waals surface area contributed by atoms with Crippen LogP contribution in [0.25, 0.3) is 0 Å². The fraction of sp³-hybridized carbons (Fsp3) is 0.417. The van der Waals surface area contributed by atoms with Crippen LogP contribution in [0.15, 0.2) is 17.2 Å². The molecule has 118 valence electrons. The zero-order valence-electron chi connectivity index (χ0n) is 11.8. The van der Waals surface area contributed by atoms with Gasteiger partial charge in [0, 0.05) is 12.7 Å². The molecule has 0 spiro atoms. The van der Waals surface area contributed by atoms with Crippen molar-refractivity contribution in [2.24, 2.45) is 0 Å². The molecular weight excluding hydrogens is 328 g/mol. The number of aryl methyl sites for hydroxylation is 2. The first-order valence-corrected chi connectivity index (χ1v) is 8.57. The Hall–Kier alpha value is -1.71. The molecule has 3 N–H and O–H groups in total. The van der Waals surface area contributed by atoms with Crippen molar-refractivity contribution in [3.8, 4) is 0 Å². The number of hydrogen-bond donors (Lipinski definition) is 2. The fourth-order valence-electron chi connectivity index (χ4n) is 2.48. The van der Waals surface area contributed by atoms with E-state index in [1.165, 1.54) is 12.3 Å². The molecule has 1 aliphatic rings. The predicted octanol–water partition coefficient (Wildman–Crippen LogP) is 1.03. The van der Waals surface area contributed by atoms with Crippen molar-refractivity contribution < 1.29 is 8.42 Å². The van der Waals surface area contributed by atoms with Crippen LogP contribution in [0.2, 0.25) is 5.02 Å². The number of pyridine rings is 1. The normalized spacial score (nSPS) is 18.2. The lowest BCUT2D eigenvalue weighted by molar-refractivity contribution is 0.399. The highest BCUT2D eigenvalue weighted by Crippen LogP contribution is 2.27. The lowest BCUT2D eigenvalue weighted by Crippen LogP contribution is -2.33. The van der Waals surface area contributed by atoms with Crippen molar-refractivity contribution in [2.45, 2.75) is 37.2 Å². The van der Waals surface area contributed by atoms with Gasteiger partial charge >= 0.3 is 0 Å². The highest BCUT2D eigenvalue weighted by molar-refractivity contribution is 7.89. The molecule has 3 rings (SSSR count). The van der Waals surface area contributed by atoms with Gasteiger partial charge in [-0.3, -0.25) is 0 Å². The smallest absolute Gasteiger partial charge is 0.244 e. The van der Waals surface area contributed by atoms with E-state index in [0.717, 1.165) is 13.0 Å². The van der Waals surface area contributed by atoms with Crippen LogP contribution in [0, 0.1) is 6.92 Å². The van der Waals surface area contributed by atoms with E-state index in [4.69, 9.17) is 17.3 Å². The molecule has 1 aliphatic heterocycles. The minimum atomic E-state index is -3.85. The van der Waals surface area contributed by atoms with Crippen LogP contribution in [0.3, 0.4) is 0 Å². The molecule has 1 atom stereocenters. The van der Waals surface area contributed by atoms with Crippen LogP contribution in [0.4, 0.5) is 5.82 Å². The number of hydrogen-bond acceptors (Lipinski definition) is 6. The summed E-state index contributed by atoms with van der Waals surface area (Å²) in [5, 5.41) is 4.45. The Balaban J connectivity index is 1.94. The molecule has 10 heteroatoms. The number of nitrogen functional groups attached to an aromatic ring is 1. The quantitative estimate of drug-likeness (QED) is 0.860. The number of nitrogens with one attached hydrogen (secondary N) is 1. The van der Waals surface area contributed by atoms with Crippen molar-refractivity contribution in [1.29, 1.82) is 0 Å². The Kier molecular flexibility index (Phi) is 3.79. The molecule has 0 bridgehead atoms. The minimum Gasteiger partial charge on any atom is -0.383 e. The number of sulfonamides is 1. The lowest BCUT2D eigenvalue weighted by atomic mass is 10.1. The Morgan fingerprint density at radius 3 is 3.05 bits per heavy atom. The van der Waals surface area contributed by atoms with E-state index >= 15 is 0 Å². The summed E-state index contributed by atoms with van der Waals surface area (Å²) in [6, 6.07) is 0.837. The number of anilines is 1. The molecule has 0 fully saturated rings. The Morgan fingerprint density at radius 2 is 2.27 bits per heavy atom. The van der Waals surface area contributed by atoms with E-state index in [2.05, 4.69) is 19.8 Å². The number of halogens is 1. The number of fused-ring (bicyclic) bond motifs is 1. The summed E-state index contributed by atoms with van der Waals surface area (Å²) >= 11 is 5.81. The SMILES string of the molecule is Cc1nc2n(n1)CCC[C@@H]2NS(=O)(=O)c1cc(Cl)cnc1N. The van der Waals surface area contributed by atoms with E-state index in [9.17, 15) is 8.42 Å². The van der Waals surface area contributed by atoms with Gasteiger partial charge in [-0.2, -0.15) is 5.10 Å². The molecule has 0 radical (unpaired) electrons. The molecule has 0 saturated heterocycles. The molecule has 3 heterocycles. The number of nitrogens with two attached hydrogens (primary N) is 1. The third-order valence-corrected chi connectivity index (χ3v) is 5.12. The summed E-state index contributed by atoms with van der Waals surface area (Å²) in [5.74, 6) is 1.14. The van der Waals surface area contributed by atoms with Gasteiger partial charge in [-0.05, 0) is 25.8 Å². The molecule has 2 aromatic heterocycles.